The number of carboxylic acids is 1. The van der Waals surface area contributed by atoms with Gasteiger partial charge >= 0.3 is 5.97 Å². The van der Waals surface area contributed by atoms with Crippen LogP contribution in [0.5, 0.6) is 0 Å². The minimum atomic E-state index is -0.902. The highest BCUT2D eigenvalue weighted by Crippen LogP contribution is 2.29. The van der Waals surface area contributed by atoms with E-state index in [2.05, 4.69) is 15.4 Å². The van der Waals surface area contributed by atoms with Crippen LogP contribution in [0.3, 0.4) is 0 Å². The summed E-state index contributed by atoms with van der Waals surface area (Å²) >= 11 is 12.4. The first-order valence-electron chi connectivity index (χ1n) is 7.80. The Hall–Kier alpha value is -2.12. The van der Waals surface area contributed by atoms with Gasteiger partial charge in [0.25, 0.3) is 5.91 Å². The molecule has 2 atom stereocenters. The van der Waals surface area contributed by atoms with Crippen LogP contribution in [0.1, 0.15) is 35.7 Å². The number of carbonyl (C=O) groups excluding carboxylic acids is 1. The van der Waals surface area contributed by atoms with E-state index < -0.39 is 23.8 Å². The summed E-state index contributed by atoms with van der Waals surface area (Å²) in [5, 5.41) is 16.9. The Bertz CT molecular complexity index is 817. The summed E-state index contributed by atoms with van der Waals surface area (Å²) in [5.41, 5.74) is 0.444. The van der Waals surface area contributed by atoms with Gasteiger partial charge in [-0.1, -0.05) is 35.7 Å². The molecule has 1 saturated carbocycles. The van der Waals surface area contributed by atoms with E-state index in [-0.39, 0.29) is 5.82 Å². The van der Waals surface area contributed by atoms with E-state index in [9.17, 15) is 14.7 Å². The number of carbonyl (C=O) groups is 2. The van der Waals surface area contributed by atoms with Crippen LogP contribution in [0.25, 0.3) is 5.69 Å². The third-order valence-electron chi connectivity index (χ3n) is 4.27. The number of aromatic nitrogens is 3. The van der Waals surface area contributed by atoms with Crippen LogP contribution in [0, 0.1) is 12.8 Å². The number of nitrogens with one attached hydrogen (secondary N) is 1. The summed E-state index contributed by atoms with van der Waals surface area (Å²) < 4.78 is 1.41. The van der Waals surface area contributed by atoms with Crippen molar-refractivity contribution in [3.8, 4) is 5.69 Å². The first-order valence-corrected chi connectivity index (χ1v) is 8.55. The largest absolute Gasteiger partial charge is 0.481 e. The maximum Gasteiger partial charge on any atom is 0.308 e. The molecule has 7 nitrogen and oxygen atoms in total. The average Bonchev–Trinajstić information content (AvgIpc) is 3.14. The molecular weight excluding hydrogens is 367 g/mol. The van der Waals surface area contributed by atoms with Crippen molar-refractivity contribution in [2.75, 3.05) is 0 Å². The number of carboxylic acid groups (broad SMARTS) is 1. The van der Waals surface area contributed by atoms with Gasteiger partial charge in [-0.15, -0.1) is 5.10 Å². The standard InChI is InChI=1S/C16H16Cl2N4O3/c1-8-19-14(15(23)20-12-7-2-4-9(12)16(24)25)21-22(8)13-10(17)5-3-6-11(13)18/h3,5-6,9,12H,2,4,7H2,1H3,(H,20,23)(H,24,25)/t9-,12+/m0/s1. The van der Waals surface area contributed by atoms with Crippen LogP contribution in [0.15, 0.2) is 18.2 Å². The zero-order valence-electron chi connectivity index (χ0n) is 13.4. The molecule has 1 aliphatic carbocycles. The molecule has 1 aliphatic rings. The third kappa shape index (κ3) is 3.48. The molecule has 0 aliphatic heterocycles. The molecule has 1 heterocycles. The number of hydrogen-bond acceptors (Lipinski definition) is 4. The fourth-order valence-corrected chi connectivity index (χ4v) is 3.61. The number of rotatable bonds is 4. The van der Waals surface area contributed by atoms with Crippen LogP contribution in [0.4, 0.5) is 0 Å². The number of aryl methyl sites for hydroxylation is 1. The van der Waals surface area contributed by atoms with E-state index in [0.717, 1.165) is 6.42 Å². The molecule has 2 N–H and O–H groups in total. The summed E-state index contributed by atoms with van der Waals surface area (Å²) in [7, 11) is 0. The molecule has 1 fully saturated rings. The molecule has 0 unspecified atom stereocenters. The third-order valence-corrected chi connectivity index (χ3v) is 4.88. The Morgan fingerprint density at radius 3 is 2.60 bits per heavy atom. The van der Waals surface area contributed by atoms with Crippen molar-refractivity contribution in [3.05, 3.63) is 39.9 Å². The molecule has 132 valence electrons. The van der Waals surface area contributed by atoms with Crippen molar-refractivity contribution < 1.29 is 14.7 Å². The fraction of sp³-hybridized carbons (Fsp3) is 0.375. The van der Waals surface area contributed by atoms with E-state index in [1.807, 2.05) is 0 Å². The number of para-hydroxylation sites is 1. The van der Waals surface area contributed by atoms with Crippen molar-refractivity contribution in [3.63, 3.8) is 0 Å². The van der Waals surface area contributed by atoms with Crippen molar-refractivity contribution in [2.24, 2.45) is 5.92 Å². The molecule has 0 bridgehead atoms. The van der Waals surface area contributed by atoms with Gasteiger partial charge in [0, 0.05) is 6.04 Å². The minimum absolute atomic E-state index is 0.0514. The maximum absolute atomic E-state index is 12.4. The lowest BCUT2D eigenvalue weighted by Gasteiger charge is -2.16. The Balaban J connectivity index is 1.85. The Kier molecular flexibility index (Phi) is 4.96. The second-order valence-electron chi connectivity index (χ2n) is 5.92. The van der Waals surface area contributed by atoms with Gasteiger partial charge in [0.05, 0.1) is 16.0 Å². The normalized spacial score (nSPS) is 19.8. The van der Waals surface area contributed by atoms with Crippen molar-refractivity contribution in [2.45, 2.75) is 32.2 Å². The van der Waals surface area contributed by atoms with Crippen LogP contribution in [0.2, 0.25) is 10.0 Å². The molecule has 1 aromatic carbocycles. The van der Waals surface area contributed by atoms with Gasteiger partial charge in [-0.2, -0.15) is 0 Å². The Morgan fingerprint density at radius 2 is 1.96 bits per heavy atom. The molecule has 1 aromatic heterocycles. The van der Waals surface area contributed by atoms with E-state index in [1.165, 1.54) is 4.68 Å². The van der Waals surface area contributed by atoms with Gasteiger partial charge in [-0.3, -0.25) is 9.59 Å². The van der Waals surface area contributed by atoms with Gasteiger partial charge in [0.15, 0.2) is 0 Å². The molecule has 0 radical (unpaired) electrons. The molecule has 1 amide bonds. The van der Waals surface area contributed by atoms with E-state index >= 15 is 0 Å². The second kappa shape index (κ2) is 7.01. The summed E-state index contributed by atoms with van der Waals surface area (Å²) in [6, 6.07) is 4.63. The lowest BCUT2D eigenvalue weighted by Crippen LogP contribution is -2.40. The van der Waals surface area contributed by atoms with Crippen molar-refractivity contribution in [1.29, 1.82) is 0 Å². The van der Waals surface area contributed by atoms with Gasteiger partial charge < -0.3 is 10.4 Å². The predicted molar refractivity (Wildman–Crippen MR) is 92.3 cm³/mol. The second-order valence-corrected chi connectivity index (χ2v) is 6.73. The van der Waals surface area contributed by atoms with E-state index in [1.54, 1.807) is 25.1 Å². The molecule has 9 heteroatoms. The minimum Gasteiger partial charge on any atom is -0.481 e. The lowest BCUT2D eigenvalue weighted by molar-refractivity contribution is -0.142. The van der Waals surface area contributed by atoms with Gasteiger partial charge in [0.2, 0.25) is 5.82 Å². The monoisotopic (exact) mass is 382 g/mol. The zero-order chi connectivity index (χ0) is 18.1. The smallest absolute Gasteiger partial charge is 0.308 e. The van der Waals surface area contributed by atoms with Crippen LogP contribution in [-0.4, -0.2) is 37.8 Å². The number of hydrogen-bond donors (Lipinski definition) is 2. The Labute approximate surface area is 154 Å². The number of benzene rings is 1. The predicted octanol–water partition coefficient (Wildman–Crippen LogP) is 2.87. The molecule has 25 heavy (non-hydrogen) atoms. The molecule has 0 saturated heterocycles. The highest BCUT2D eigenvalue weighted by Gasteiger charge is 2.34. The van der Waals surface area contributed by atoms with Crippen LogP contribution < -0.4 is 5.32 Å². The highest BCUT2D eigenvalue weighted by atomic mass is 35.5. The van der Waals surface area contributed by atoms with Gasteiger partial charge in [-0.05, 0) is 31.9 Å². The van der Waals surface area contributed by atoms with Crippen LogP contribution in [-0.2, 0) is 4.79 Å². The Morgan fingerprint density at radius 1 is 1.28 bits per heavy atom. The van der Waals surface area contributed by atoms with E-state index in [0.29, 0.717) is 34.4 Å². The van der Waals surface area contributed by atoms with Crippen molar-refractivity contribution >= 4 is 35.1 Å². The lowest BCUT2D eigenvalue weighted by atomic mass is 10.0. The average molecular weight is 383 g/mol. The number of nitrogens with zero attached hydrogens (tertiary/aromatic N) is 3. The molecule has 0 spiro atoms. The van der Waals surface area contributed by atoms with Gasteiger partial charge in [0.1, 0.15) is 11.5 Å². The quantitative estimate of drug-likeness (QED) is 0.846. The summed E-state index contributed by atoms with van der Waals surface area (Å²) in [6.45, 7) is 1.68. The van der Waals surface area contributed by atoms with Crippen molar-refractivity contribution in [1.82, 2.24) is 20.1 Å². The first kappa shape index (κ1) is 17.7. The topological polar surface area (TPSA) is 97.1 Å². The summed E-state index contributed by atoms with van der Waals surface area (Å²) in [5.74, 6) is -1.60. The summed E-state index contributed by atoms with van der Waals surface area (Å²) in [4.78, 5) is 27.8. The first-order chi connectivity index (χ1) is 11.9. The van der Waals surface area contributed by atoms with E-state index in [4.69, 9.17) is 23.2 Å². The highest BCUT2D eigenvalue weighted by molar-refractivity contribution is 6.37. The fourth-order valence-electron chi connectivity index (χ4n) is 3.05. The molecule has 3 rings (SSSR count). The SMILES string of the molecule is Cc1nc(C(=O)N[C@@H]2CCC[C@@H]2C(=O)O)nn1-c1c(Cl)cccc1Cl. The van der Waals surface area contributed by atoms with Gasteiger partial charge in [-0.25, -0.2) is 9.67 Å². The number of amides is 1. The maximum atomic E-state index is 12.4. The van der Waals surface area contributed by atoms with Crippen LogP contribution >= 0.6 is 23.2 Å². The summed E-state index contributed by atoms with van der Waals surface area (Å²) in [6.07, 6.45) is 1.94. The molecular formula is C16H16Cl2N4O3. The number of aliphatic carboxylic acids is 1. The number of halogens is 2. The zero-order valence-corrected chi connectivity index (χ0v) is 14.9. The molecule has 2 aromatic rings.